The third kappa shape index (κ3) is 5.15. The van der Waals surface area contributed by atoms with Crippen molar-refractivity contribution in [3.8, 4) is 11.8 Å². The van der Waals surface area contributed by atoms with Crippen LogP contribution in [0.1, 0.15) is 30.6 Å². The van der Waals surface area contributed by atoms with Crippen molar-refractivity contribution in [1.82, 2.24) is 24.6 Å². The summed E-state index contributed by atoms with van der Waals surface area (Å²) in [4.78, 5) is 20.9. The fourth-order valence-electron chi connectivity index (χ4n) is 5.28. The fraction of sp³-hybridized carbons (Fsp3) is 0.458. The van der Waals surface area contributed by atoms with Gasteiger partial charge in [0.15, 0.2) is 5.82 Å². The molecule has 0 saturated carbocycles. The quantitative estimate of drug-likeness (QED) is 0.450. The number of amides is 1. The number of fused-ring (bicyclic) bond motifs is 2. The van der Waals surface area contributed by atoms with Crippen LogP contribution in [0.25, 0.3) is 10.9 Å². The van der Waals surface area contributed by atoms with Crippen molar-refractivity contribution in [3.63, 3.8) is 0 Å². The van der Waals surface area contributed by atoms with Crippen molar-refractivity contribution >= 4 is 22.5 Å². The highest BCUT2D eigenvalue weighted by molar-refractivity contribution is 5.95. The van der Waals surface area contributed by atoms with Gasteiger partial charge in [0, 0.05) is 49.7 Å². The molecule has 1 fully saturated rings. The summed E-state index contributed by atoms with van der Waals surface area (Å²) < 4.78 is 82.3. The van der Waals surface area contributed by atoms with Crippen LogP contribution in [0.3, 0.4) is 0 Å². The van der Waals surface area contributed by atoms with Gasteiger partial charge < -0.3 is 19.1 Å². The molecular weight excluding hydrogens is 532 g/mol. The smallest absolute Gasteiger partial charge is 0.406 e. The van der Waals surface area contributed by atoms with E-state index in [1.807, 2.05) is 11.8 Å². The lowest BCUT2D eigenvalue weighted by Crippen LogP contribution is -2.49. The molecule has 2 unspecified atom stereocenters. The Balaban J connectivity index is 1.33. The molecule has 206 valence electrons. The van der Waals surface area contributed by atoms with Gasteiger partial charge in [-0.15, -0.1) is 23.4 Å². The van der Waals surface area contributed by atoms with E-state index in [1.54, 1.807) is 0 Å². The van der Waals surface area contributed by atoms with Gasteiger partial charge in [0.1, 0.15) is 11.8 Å². The molecule has 2 aliphatic rings. The molecule has 2 aliphatic heterocycles. The molecule has 0 aliphatic carbocycles. The van der Waals surface area contributed by atoms with E-state index in [0.29, 0.717) is 30.6 Å². The maximum atomic E-state index is 13.4. The minimum atomic E-state index is -4.86. The van der Waals surface area contributed by atoms with Crippen LogP contribution in [0.5, 0.6) is 5.75 Å². The number of hydrogen-bond donors (Lipinski definition) is 0. The lowest BCUT2D eigenvalue weighted by Gasteiger charge is -2.40. The van der Waals surface area contributed by atoms with E-state index in [2.05, 4.69) is 26.0 Å². The van der Waals surface area contributed by atoms with Crippen molar-refractivity contribution in [1.29, 1.82) is 5.26 Å². The Morgan fingerprint density at radius 3 is 2.56 bits per heavy atom. The Hall–Kier alpha value is -4.09. The Morgan fingerprint density at radius 1 is 1.13 bits per heavy atom. The number of piperidine rings is 1. The molecule has 15 heteroatoms. The third-order valence-electron chi connectivity index (χ3n) is 7.02. The van der Waals surface area contributed by atoms with Crippen LogP contribution in [0.15, 0.2) is 24.4 Å². The first-order chi connectivity index (χ1) is 18.4. The van der Waals surface area contributed by atoms with Gasteiger partial charge in [0.25, 0.3) is 0 Å². The molecule has 5 rings (SSSR count). The number of rotatable bonds is 3. The molecule has 2 atom stereocenters. The summed E-state index contributed by atoms with van der Waals surface area (Å²) in [5.41, 5.74) is 0.955. The number of hydrogen-bond acceptors (Lipinski definition) is 7. The molecule has 0 bridgehead atoms. The number of halogens is 6. The number of benzene rings is 1. The minimum absolute atomic E-state index is 0.0648. The maximum absolute atomic E-state index is 13.4. The van der Waals surface area contributed by atoms with Crippen LogP contribution in [-0.4, -0.2) is 56.6 Å². The van der Waals surface area contributed by atoms with Gasteiger partial charge in [-0.3, -0.25) is 9.78 Å². The van der Waals surface area contributed by atoms with E-state index in [0.717, 1.165) is 16.7 Å². The number of anilines is 1. The highest BCUT2D eigenvalue weighted by atomic mass is 19.4. The first-order valence-electron chi connectivity index (χ1n) is 12.0. The Morgan fingerprint density at radius 2 is 1.90 bits per heavy atom. The second kappa shape index (κ2) is 9.58. The summed E-state index contributed by atoms with van der Waals surface area (Å²) in [5, 5.41) is 17.0. The monoisotopic (exact) mass is 553 g/mol. The molecule has 1 saturated heterocycles. The third-order valence-corrected chi connectivity index (χ3v) is 7.02. The van der Waals surface area contributed by atoms with Crippen LogP contribution in [-0.2, 0) is 24.1 Å². The molecule has 1 aromatic carbocycles. The van der Waals surface area contributed by atoms with E-state index < -0.39 is 30.0 Å². The largest absolute Gasteiger partial charge is 0.573 e. The zero-order valence-corrected chi connectivity index (χ0v) is 20.4. The van der Waals surface area contributed by atoms with Crippen LogP contribution >= 0.6 is 0 Å². The highest BCUT2D eigenvalue weighted by Gasteiger charge is 2.41. The number of carbonyl (C=O) groups excluding carboxylic acids is 1. The van der Waals surface area contributed by atoms with E-state index in [-0.39, 0.29) is 48.4 Å². The van der Waals surface area contributed by atoms with Gasteiger partial charge in [-0.2, -0.15) is 18.4 Å². The zero-order valence-electron chi connectivity index (χ0n) is 20.4. The average Bonchev–Trinajstić information content (AvgIpc) is 3.30. The predicted molar refractivity (Wildman–Crippen MR) is 123 cm³/mol. The second-order valence-electron chi connectivity index (χ2n) is 9.53. The van der Waals surface area contributed by atoms with E-state index in [9.17, 15) is 36.4 Å². The molecule has 9 nitrogen and oxygen atoms in total. The van der Waals surface area contributed by atoms with Gasteiger partial charge in [-0.25, -0.2) is 0 Å². The van der Waals surface area contributed by atoms with Crippen LogP contribution in [0, 0.1) is 23.2 Å². The van der Waals surface area contributed by atoms with Gasteiger partial charge in [0.2, 0.25) is 11.7 Å². The summed E-state index contributed by atoms with van der Waals surface area (Å²) >= 11 is 0. The first kappa shape index (κ1) is 26.5. The summed E-state index contributed by atoms with van der Waals surface area (Å²) in [6.07, 6.45) is -7.81. The van der Waals surface area contributed by atoms with E-state index in [4.69, 9.17) is 0 Å². The summed E-state index contributed by atoms with van der Waals surface area (Å²) in [6.45, 7) is 2.56. The maximum Gasteiger partial charge on any atom is 0.573 e. The standard InChI is InChI=1S/C24H21F6N7O2/c1-13-11-35(20-14(9-31)10-32-18-8-15(2-3-17(18)20)39-24(28,29)30)5-4-16(13)21(38)36-6-7-37-19(12-36)33-34-22(37)23(25,26)27/h2-3,8,10,13,16H,4-7,11-12H2,1H3. The van der Waals surface area contributed by atoms with Gasteiger partial charge >= 0.3 is 12.5 Å². The molecule has 0 spiro atoms. The first-order valence-corrected chi connectivity index (χ1v) is 12.0. The average molecular weight is 553 g/mol. The fourth-order valence-corrected chi connectivity index (χ4v) is 5.28. The summed E-state index contributed by atoms with van der Waals surface area (Å²) in [5.74, 6) is -2.25. The van der Waals surface area contributed by atoms with Crippen LogP contribution < -0.4 is 9.64 Å². The highest BCUT2D eigenvalue weighted by Crippen LogP contribution is 2.37. The molecule has 3 aromatic rings. The summed E-state index contributed by atoms with van der Waals surface area (Å²) in [7, 11) is 0. The van der Waals surface area contributed by atoms with Crippen molar-refractivity contribution in [2.75, 3.05) is 24.5 Å². The zero-order chi connectivity index (χ0) is 28.1. The molecule has 2 aromatic heterocycles. The van der Waals surface area contributed by atoms with Gasteiger partial charge in [-0.05, 0) is 24.5 Å². The van der Waals surface area contributed by atoms with Gasteiger partial charge in [-0.1, -0.05) is 6.92 Å². The Labute approximate surface area is 217 Å². The number of nitriles is 1. The lowest BCUT2D eigenvalue weighted by atomic mass is 9.85. The minimum Gasteiger partial charge on any atom is -0.406 e. The molecule has 39 heavy (non-hydrogen) atoms. The van der Waals surface area contributed by atoms with Crippen molar-refractivity contribution in [2.45, 2.75) is 39.0 Å². The SMILES string of the molecule is CC1CN(c2c(C#N)cnc3cc(OC(F)(F)F)ccc23)CCC1C(=O)N1CCn2c(nnc2C(F)(F)F)C1. The van der Waals surface area contributed by atoms with Crippen LogP contribution in [0.4, 0.5) is 32.0 Å². The molecule has 1 amide bonds. The van der Waals surface area contributed by atoms with Gasteiger partial charge in [0.05, 0.1) is 23.3 Å². The number of pyridine rings is 1. The Kier molecular flexibility index (Phi) is 6.51. The molecule has 0 N–H and O–H groups in total. The summed E-state index contributed by atoms with van der Waals surface area (Å²) in [6, 6.07) is 5.79. The molecular formula is C24H21F6N7O2. The van der Waals surface area contributed by atoms with E-state index in [1.165, 1.54) is 17.2 Å². The van der Waals surface area contributed by atoms with Crippen LogP contribution in [0.2, 0.25) is 0 Å². The van der Waals surface area contributed by atoms with Crippen molar-refractivity contribution in [2.24, 2.45) is 11.8 Å². The topological polar surface area (TPSA) is 100 Å². The number of carbonyl (C=O) groups is 1. The Bertz CT molecular complexity index is 1460. The number of aromatic nitrogens is 4. The lowest BCUT2D eigenvalue weighted by molar-refractivity contribution is -0.274. The van der Waals surface area contributed by atoms with E-state index >= 15 is 0 Å². The number of ether oxygens (including phenoxy) is 1. The van der Waals surface area contributed by atoms with Crippen molar-refractivity contribution in [3.05, 3.63) is 41.6 Å². The number of alkyl halides is 6. The predicted octanol–water partition coefficient (Wildman–Crippen LogP) is 4.12. The second-order valence-corrected chi connectivity index (χ2v) is 9.53. The number of nitrogens with zero attached hydrogens (tertiary/aromatic N) is 7. The molecule has 0 radical (unpaired) electrons. The molecule has 4 heterocycles. The van der Waals surface area contributed by atoms with Crippen molar-refractivity contribution < 1.29 is 35.9 Å². The normalized spacial score (nSPS) is 20.1.